The second-order valence-corrected chi connectivity index (χ2v) is 24.8. The van der Waals surface area contributed by atoms with E-state index < -0.39 is 59.7 Å². The Morgan fingerprint density at radius 1 is 0.709 bits per heavy atom. The molecule has 79 heavy (non-hydrogen) atoms. The van der Waals surface area contributed by atoms with Gasteiger partial charge in [0.2, 0.25) is 23.6 Å². The van der Waals surface area contributed by atoms with Crippen LogP contribution in [0.15, 0.2) is 44.0 Å². The summed E-state index contributed by atoms with van der Waals surface area (Å²) in [5.74, 6) is -3.45. The normalized spacial score (nSPS) is 20.0. The van der Waals surface area contributed by atoms with Gasteiger partial charge in [0.25, 0.3) is 23.6 Å². The van der Waals surface area contributed by atoms with Crippen molar-refractivity contribution >= 4 is 115 Å². The number of nitrogens with zero attached hydrogens (tertiary/aromatic N) is 9. The van der Waals surface area contributed by atoms with E-state index in [0.717, 1.165) is 11.3 Å². The number of amides is 7. The molecule has 10 bridgehead atoms. The number of ether oxygens (including phenoxy) is 1. The van der Waals surface area contributed by atoms with Crippen LogP contribution in [0.3, 0.4) is 0 Å². The molecule has 0 saturated carbocycles. The quantitative estimate of drug-likeness (QED) is 0.106. The van der Waals surface area contributed by atoms with Crippen molar-refractivity contribution in [3.05, 3.63) is 81.7 Å². The van der Waals surface area contributed by atoms with Crippen LogP contribution in [0, 0.1) is 18.8 Å². The smallest absolute Gasteiger partial charge is 0.271 e. The molecule has 10 heterocycles. The molecule has 0 spiro atoms. The van der Waals surface area contributed by atoms with Gasteiger partial charge in [-0.15, -0.1) is 68.0 Å². The number of nitrogens with one attached hydrogen (secondary N) is 5. The van der Waals surface area contributed by atoms with Crippen molar-refractivity contribution < 1.29 is 38.3 Å². The summed E-state index contributed by atoms with van der Waals surface area (Å²) in [6, 6.07) is -0.0326. The molecule has 1 saturated heterocycles. The van der Waals surface area contributed by atoms with E-state index in [4.69, 9.17) is 35.4 Å². The van der Waals surface area contributed by atoms with Gasteiger partial charge < -0.3 is 42.0 Å². The molecule has 1 fully saturated rings. The lowest BCUT2D eigenvalue weighted by atomic mass is 10.0. The Morgan fingerprint density at radius 3 is 2.08 bits per heavy atom. The van der Waals surface area contributed by atoms with Crippen LogP contribution in [0.4, 0.5) is 0 Å². The zero-order valence-corrected chi connectivity index (χ0v) is 48.0. The molecule has 0 aliphatic carbocycles. The van der Waals surface area contributed by atoms with Gasteiger partial charge in [-0.25, -0.2) is 39.9 Å². The van der Waals surface area contributed by atoms with E-state index in [-0.39, 0.29) is 66.2 Å². The van der Waals surface area contributed by atoms with Crippen molar-refractivity contribution in [2.45, 2.75) is 84.1 Å². The highest BCUT2D eigenvalue weighted by atomic mass is 32.1. The van der Waals surface area contributed by atoms with Crippen LogP contribution in [0.2, 0.25) is 0 Å². The predicted molar refractivity (Wildman–Crippen MR) is 300 cm³/mol. The lowest BCUT2D eigenvalue weighted by molar-refractivity contribution is -0.138. The summed E-state index contributed by atoms with van der Waals surface area (Å²) in [5.41, 5.74) is 8.67. The maximum Gasteiger partial charge on any atom is 0.271 e. The molecule has 29 heteroatoms. The maximum atomic E-state index is 14.2. The summed E-state index contributed by atoms with van der Waals surface area (Å²) in [7, 11) is 1.48. The number of rotatable bonds is 8. The molecule has 0 aromatic carbocycles. The summed E-state index contributed by atoms with van der Waals surface area (Å²) < 4.78 is 5.88. The number of hydrogen-bond donors (Lipinski definition) is 6. The molecule has 10 rings (SSSR count). The number of carbonyl (C=O) groups is 7. The van der Waals surface area contributed by atoms with Gasteiger partial charge in [-0.05, 0) is 43.7 Å². The Balaban J connectivity index is 1.00. The van der Waals surface area contributed by atoms with Gasteiger partial charge >= 0.3 is 0 Å². The van der Waals surface area contributed by atoms with E-state index in [1.807, 2.05) is 44.5 Å². The van der Waals surface area contributed by atoms with Gasteiger partial charge in [0, 0.05) is 50.9 Å². The fraction of sp³-hybridized carbons (Fsp3) is 0.380. The minimum Gasteiger partial charge on any atom is -0.473 e. The number of aliphatic imine (C=N–C) groups is 1. The van der Waals surface area contributed by atoms with E-state index in [0.29, 0.717) is 88.3 Å². The molecule has 7 aromatic rings. The van der Waals surface area contributed by atoms with E-state index in [1.165, 1.54) is 68.6 Å². The van der Waals surface area contributed by atoms with Crippen LogP contribution in [-0.4, -0.2) is 126 Å². The van der Waals surface area contributed by atoms with E-state index in [2.05, 4.69) is 41.5 Å². The number of carbonyl (C=O) groups excluding carboxylic acids is 7. The number of likely N-dealkylation sites (tertiary alicyclic amines) is 1. The fourth-order valence-corrected chi connectivity index (χ4v) is 14.3. The molecule has 3 aliphatic heterocycles. The second-order valence-electron chi connectivity index (χ2n) is 19.2. The first kappa shape index (κ1) is 55.0. The maximum absolute atomic E-state index is 14.2. The van der Waals surface area contributed by atoms with Crippen LogP contribution in [-0.2, 0) is 23.9 Å². The predicted octanol–water partition coefficient (Wildman–Crippen LogP) is 5.71. The third kappa shape index (κ3) is 11.7. The standard InChI is InChI=1S/C50H51N15O8S6/c1-20(2)35-48-61-31(19-78-48)46-57-27(15-75-46)38-23(9-10-24(54-38)45-60-30(18-76-45)43-56-26(14-73-43)50(72)65-11-7-8-32(65)39(51)68)44-58-29(17-74-44)41(70)55-25(12-33(66)52-6)47-64-37(22(5)79-47)42(71)63-36(21(3)4)49-59-28(16-77-49)40(69)53-13-34(67)62-35/h9-10,15-21,25-26,32,35-36H,7-8,11-14H2,1-6H3,(H2,51,68)(H,52,66)(H,53,69)(H,55,70)(H,62,67)(H,63,71)/t25-,26+,32+,35+,36+/m0/s1. The number of hydrogen-bond acceptors (Lipinski definition) is 22. The molecule has 0 unspecified atom stereocenters. The third-order valence-electron chi connectivity index (χ3n) is 13.0. The number of nitrogens with two attached hydrogens (primary N) is 1. The van der Waals surface area contributed by atoms with Crippen LogP contribution >= 0.6 is 68.0 Å². The highest BCUT2D eigenvalue weighted by molar-refractivity contribution is 7.15. The van der Waals surface area contributed by atoms with Gasteiger partial charge in [-0.1, -0.05) is 27.7 Å². The molecule has 7 aromatic heterocycles. The van der Waals surface area contributed by atoms with E-state index in [9.17, 15) is 33.6 Å². The molecule has 23 nitrogen and oxygen atoms in total. The number of fused-ring (bicyclic) bond motifs is 14. The topological polar surface area (TPSA) is 321 Å². The van der Waals surface area contributed by atoms with Crippen molar-refractivity contribution in [3.63, 3.8) is 0 Å². The molecular formula is C50H51N15O8S6. The number of aryl methyl sites for hydroxylation is 1. The Morgan fingerprint density at radius 2 is 1.34 bits per heavy atom. The number of pyridine rings is 1. The molecule has 0 radical (unpaired) electrons. The molecule has 7 N–H and O–H groups in total. The molecule has 5 atom stereocenters. The van der Waals surface area contributed by atoms with Crippen molar-refractivity contribution in [2.24, 2.45) is 22.6 Å². The molecule has 410 valence electrons. The van der Waals surface area contributed by atoms with Crippen molar-refractivity contribution in [1.29, 1.82) is 0 Å². The van der Waals surface area contributed by atoms with Gasteiger partial charge in [0.05, 0.1) is 36.8 Å². The Hall–Kier alpha value is -7.31. The van der Waals surface area contributed by atoms with Crippen molar-refractivity contribution in [1.82, 2.24) is 66.4 Å². The van der Waals surface area contributed by atoms with Gasteiger partial charge in [-0.3, -0.25) is 33.6 Å². The van der Waals surface area contributed by atoms with Crippen LogP contribution in [0.25, 0.3) is 43.4 Å². The molecule has 3 aliphatic rings. The second kappa shape index (κ2) is 23.2. The highest BCUT2D eigenvalue weighted by Gasteiger charge is 2.39. The SMILES string of the molecule is CNC(=O)C[C@@H]1NC(=O)c2csc(n2)-c2ccc(-c3nc(C4=N[C@@H](C(=O)N5CCC[C@@H]5C(N)=O)CO4)cs3)nc2-c2csc(n2)-c2csc(n2)[C@@H](C(C)C)NC(=O)CNC(=O)c2csc(n2)[C@@H](C(C)C)NC(=O)c2nc1sc2C. The van der Waals surface area contributed by atoms with E-state index in [1.54, 1.807) is 29.1 Å². The van der Waals surface area contributed by atoms with Gasteiger partial charge in [0.15, 0.2) is 6.04 Å². The first-order valence-corrected chi connectivity index (χ1v) is 30.1. The van der Waals surface area contributed by atoms with Gasteiger partial charge in [0.1, 0.15) is 82.6 Å². The summed E-state index contributed by atoms with van der Waals surface area (Å²) in [4.78, 5) is 134. The third-order valence-corrected chi connectivity index (χ3v) is 18.6. The van der Waals surface area contributed by atoms with Crippen LogP contribution in [0.1, 0.15) is 122 Å². The number of thiazole rings is 6. The Kier molecular flexibility index (Phi) is 16.1. The summed E-state index contributed by atoms with van der Waals surface area (Å²) in [6.07, 6.45) is 0.968. The number of aromatic nitrogens is 7. The Labute approximate surface area is 475 Å². The monoisotopic (exact) mass is 1180 g/mol. The van der Waals surface area contributed by atoms with Crippen molar-refractivity contribution in [2.75, 3.05) is 26.7 Å². The van der Waals surface area contributed by atoms with Crippen LogP contribution in [0.5, 0.6) is 0 Å². The lowest BCUT2D eigenvalue weighted by Gasteiger charge is -2.23. The summed E-state index contributed by atoms with van der Waals surface area (Å²) >= 11 is 7.54. The van der Waals surface area contributed by atoms with E-state index >= 15 is 0 Å². The first-order chi connectivity index (χ1) is 37.9. The van der Waals surface area contributed by atoms with Crippen molar-refractivity contribution in [3.8, 4) is 43.4 Å². The first-order valence-electron chi connectivity index (χ1n) is 24.9. The van der Waals surface area contributed by atoms with Crippen LogP contribution < -0.4 is 32.3 Å². The average molecular weight is 1180 g/mol. The highest BCUT2D eigenvalue weighted by Crippen LogP contribution is 2.39. The zero-order chi connectivity index (χ0) is 55.8. The largest absolute Gasteiger partial charge is 0.473 e. The fourth-order valence-electron chi connectivity index (χ4n) is 8.87. The minimum absolute atomic E-state index is 0.0141. The summed E-state index contributed by atoms with van der Waals surface area (Å²) in [6.45, 7) is 9.50. The Bertz CT molecular complexity index is 3560. The minimum atomic E-state index is -0.955. The van der Waals surface area contributed by atoms with Gasteiger partial charge in [-0.2, -0.15) is 0 Å². The lowest BCUT2D eigenvalue weighted by Crippen LogP contribution is -2.47. The number of primary amides is 1. The molecule has 7 amide bonds. The average Bonchev–Trinajstić information content (AvgIpc) is 4.30. The zero-order valence-electron chi connectivity index (χ0n) is 43.1. The molecular weight excluding hydrogens is 1130 g/mol. The summed E-state index contributed by atoms with van der Waals surface area (Å²) in [5, 5.41) is 25.8.